The largest absolute Gasteiger partial charge is 0.468 e. The zero-order chi connectivity index (χ0) is 10.4. The number of ether oxygens (including phenoxy) is 1. The van der Waals surface area contributed by atoms with Crippen molar-refractivity contribution in [3.8, 4) is 0 Å². The number of nitrogens with one attached hydrogen (secondary N) is 1. The average Bonchev–Trinajstić information content (AvgIpc) is 2.26. The van der Waals surface area contributed by atoms with Crippen molar-refractivity contribution in [1.82, 2.24) is 5.32 Å². The second-order valence-electron chi connectivity index (χ2n) is 3.81. The maximum atomic E-state index is 11.3. The average molecular weight is 200 g/mol. The van der Waals surface area contributed by atoms with Crippen molar-refractivity contribution in [2.75, 3.05) is 13.7 Å². The Bertz CT molecular complexity index is 179. The van der Waals surface area contributed by atoms with Crippen LogP contribution in [0.4, 0.5) is 0 Å². The van der Waals surface area contributed by atoms with Gasteiger partial charge in [0.15, 0.2) is 0 Å². The van der Waals surface area contributed by atoms with Gasteiger partial charge in [0.2, 0.25) is 0 Å². The molecule has 1 fully saturated rings. The van der Waals surface area contributed by atoms with Gasteiger partial charge in [-0.1, -0.05) is 19.3 Å². The molecule has 3 N–H and O–H groups in total. The van der Waals surface area contributed by atoms with Crippen molar-refractivity contribution in [2.24, 2.45) is 5.73 Å². The van der Waals surface area contributed by atoms with Crippen molar-refractivity contribution in [1.29, 1.82) is 0 Å². The Hall–Kier alpha value is -0.610. The lowest BCUT2D eigenvalue weighted by molar-refractivity contribution is -0.143. The van der Waals surface area contributed by atoms with Gasteiger partial charge in [0, 0.05) is 12.6 Å². The van der Waals surface area contributed by atoms with Gasteiger partial charge in [0.05, 0.1) is 7.11 Å². The van der Waals surface area contributed by atoms with E-state index >= 15 is 0 Å². The third kappa shape index (κ3) is 3.27. The van der Waals surface area contributed by atoms with Gasteiger partial charge in [0.25, 0.3) is 0 Å². The molecule has 4 heteroatoms. The zero-order valence-corrected chi connectivity index (χ0v) is 8.79. The second kappa shape index (κ2) is 5.98. The van der Waals surface area contributed by atoms with E-state index in [1.165, 1.54) is 26.4 Å². The predicted molar refractivity (Wildman–Crippen MR) is 54.9 cm³/mol. The summed E-state index contributed by atoms with van der Waals surface area (Å²) in [6.07, 6.45) is 6.09. The summed E-state index contributed by atoms with van der Waals surface area (Å²) in [5.74, 6) is -0.252. The highest BCUT2D eigenvalue weighted by Gasteiger charge is 2.22. The first-order valence-electron chi connectivity index (χ1n) is 5.32. The van der Waals surface area contributed by atoms with Crippen molar-refractivity contribution >= 4 is 5.97 Å². The molecule has 0 radical (unpaired) electrons. The minimum Gasteiger partial charge on any atom is -0.468 e. The molecule has 0 aromatic heterocycles. The van der Waals surface area contributed by atoms with E-state index in [4.69, 9.17) is 5.73 Å². The standard InChI is InChI=1S/C10H20N2O2/c1-14-10(13)9(7-11)12-8-5-3-2-4-6-8/h8-9,12H,2-7,11H2,1H3. The van der Waals surface area contributed by atoms with Crippen LogP contribution < -0.4 is 11.1 Å². The molecule has 0 saturated heterocycles. The number of rotatable bonds is 4. The first-order valence-corrected chi connectivity index (χ1v) is 5.32. The van der Waals surface area contributed by atoms with Crippen LogP contribution in [0.25, 0.3) is 0 Å². The van der Waals surface area contributed by atoms with Gasteiger partial charge in [0.1, 0.15) is 6.04 Å². The fourth-order valence-corrected chi connectivity index (χ4v) is 1.93. The molecule has 1 rings (SSSR count). The topological polar surface area (TPSA) is 64.3 Å². The van der Waals surface area contributed by atoms with E-state index in [0.29, 0.717) is 12.6 Å². The number of nitrogens with two attached hydrogens (primary N) is 1. The zero-order valence-electron chi connectivity index (χ0n) is 8.79. The summed E-state index contributed by atoms with van der Waals surface area (Å²) in [5, 5.41) is 3.26. The quantitative estimate of drug-likeness (QED) is 0.645. The predicted octanol–water partition coefficient (Wildman–Crippen LogP) is 0.409. The number of carbonyl (C=O) groups excluding carboxylic acids is 1. The minimum absolute atomic E-state index is 0.252. The summed E-state index contributed by atoms with van der Waals surface area (Å²) in [4.78, 5) is 11.3. The van der Waals surface area contributed by atoms with Gasteiger partial charge in [-0.05, 0) is 12.8 Å². The van der Waals surface area contributed by atoms with E-state index in [9.17, 15) is 4.79 Å². The lowest BCUT2D eigenvalue weighted by atomic mass is 9.95. The summed E-state index contributed by atoms with van der Waals surface area (Å²) in [6, 6.07) is 0.111. The van der Waals surface area contributed by atoms with Gasteiger partial charge in [-0.2, -0.15) is 0 Å². The van der Waals surface area contributed by atoms with Gasteiger partial charge in [-0.3, -0.25) is 4.79 Å². The first kappa shape index (κ1) is 11.5. The Kier molecular flexibility index (Phi) is 4.90. The van der Waals surface area contributed by atoms with Crippen molar-refractivity contribution in [3.05, 3.63) is 0 Å². The minimum atomic E-state index is -0.330. The number of carbonyl (C=O) groups is 1. The molecule has 0 aromatic carbocycles. The van der Waals surface area contributed by atoms with Crippen molar-refractivity contribution < 1.29 is 9.53 Å². The lowest BCUT2D eigenvalue weighted by Crippen LogP contribution is -2.48. The summed E-state index contributed by atoms with van der Waals surface area (Å²) < 4.78 is 4.66. The van der Waals surface area contributed by atoms with Crippen LogP contribution >= 0.6 is 0 Å². The number of esters is 1. The van der Waals surface area contributed by atoms with E-state index < -0.39 is 0 Å². The van der Waals surface area contributed by atoms with Crippen LogP contribution in [0.5, 0.6) is 0 Å². The van der Waals surface area contributed by atoms with Gasteiger partial charge >= 0.3 is 5.97 Å². The summed E-state index contributed by atoms with van der Waals surface area (Å²) >= 11 is 0. The van der Waals surface area contributed by atoms with Crippen molar-refractivity contribution in [2.45, 2.75) is 44.2 Å². The molecule has 14 heavy (non-hydrogen) atoms. The normalized spacial score (nSPS) is 20.4. The van der Waals surface area contributed by atoms with E-state index in [1.54, 1.807) is 0 Å². The van der Waals surface area contributed by atoms with Crippen LogP contribution in [0.2, 0.25) is 0 Å². The Balaban J connectivity index is 2.34. The monoisotopic (exact) mass is 200 g/mol. The molecule has 0 bridgehead atoms. The Morgan fingerprint density at radius 2 is 2.14 bits per heavy atom. The molecule has 82 valence electrons. The molecule has 0 aromatic rings. The molecule has 4 nitrogen and oxygen atoms in total. The maximum absolute atomic E-state index is 11.3. The summed E-state index contributed by atoms with van der Waals surface area (Å²) in [7, 11) is 1.40. The molecule has 0 spiro atoms. The van der Waals surface area contributed by atoms with E-state index in [0.717, 1.165) is 12.8 Å². The SMILES string of the molecule is COC(=O)C(CN)NC1CCCCC1. The highest BCUT2D eigenvalue weighted by Crippen LogP contribution is 2.17. The second-order valence-corrected chi connectivity index (χ2v) is 3.81. The molecule has 1 aliphatic rings. The fourth-order valence-electron chi connectivity index (χ4n) is 1.93. The highest BCUT2D eigenvalue weighted by atomic mass is 16.5. The van der Waals surface area contributed by atoms with Gasteiger partial charge in [-0.15, -0.1) is 0 Å². The highest BCUT2D eigenvalue weighted by molar-refractivity contribution is 5.75. The number of hydrogen-bond acceptors (Lipinski definition) is 4. The summed E-state index contributed by atoms with van der Waals surface area (Å²) in [5.41, 5.74) is 5.50. The molecule has 0 amide bonds. The molecule has 0 heterocycles. The first-order chi connectivity index (χ1) is 6.77. The van der Waals surface area contributed by atoms with E-state index in [1.807, 2.05) is 0 Å². The molecule has 1 saturated carbocycles. The van der Waals surface area contributed by atoms with Crippen LogP contribution in [0.15, 0.2) is 0 Å². The van der Waals surface area contributed by atoms with Gasteiger partial charge < -0.3 is 15.8 Å². The Morgan fingerprint density at radius 1 is 1.50 bits per heavy atom. The van der Waals surface area contributed by atoms with Crippen LogP contribution in [0, 0.1) is 0 Å². The van der Waals surface area contributed by atoms with Crippen LogP contribution in [0.1, 0.15) is 32.1 Å². The maximum Gasteiger partial charge on any atom is 0.324 e. The van der Waals surface area contributed by atoms with Crippen molar-refractivity contribution in [3.63, 3.8) is 0 Å². The van der Waals surface area contributed by atoms with Crippen LogP contribution in [-0.4, -0.2) is 31.7 Å². The van der Waals surface area contributed by atoms with Crippen LogP contribution in [0.3, 0.4) is 0 Å². The number of hydrogen-bond donors (Lipinski definition) is 2. The Morgan fingerprint density at radius 3 is 2.64 bits per heavy atom. The molecule has 1 aliphatic carbocycles. The Labute approximate surface area is 85.2 Å². The molecule has 1 unspecified atom stereocenters. The van der Waals surface area contributed by atoms with E-state index in [-0.39, 0.29) is 12.0 Å². The lowest BCUT2D eigenvalue weighted by Gasteiger charge is -2.26. The third-order valence-corrected chi connectivity index (χ3v) is 2.76. The molecule has 1 atom stereocenters. The molecule has 0 aliphatic heterocycles. The molecular weight excluding hydrogens is 180 g/mol. The van der Waals surface area contributed by atoms with Crippen LogP contribution in [-0.2, 0) is 9.53 Å². The van der Waals surface area contributed by atoms with Gasteiger partial charge in [-0.25, -0.2) is 0 Å². The molecular formula is C10H20N2O2. The third-order valence-electron chi connectivity index (χ3n) is 2.76. The number of methoxy groups -OCH3 is 1. The fraction of sp³-hybridized carbons (Fsp3) is 0.900. The van der Waals surface area contributed by atoms with E-state index in [2.05, 4.69) is 10.1 Å². The smallest absolute Gasteiger partial charge is 0.324 e. The summed E-state index contributed by atoms with van der Waals surface area (Å²) in [6.45, 7) is 0.309.